The number of amides is 1. The van der Waals surface area contributed by atoms with E-state index < -0.39 is 0 Å². The molecule has 1 unspecified atom stereocenters. The third-order valence-corrected chi connectivity index (χ3v) is 4.33. The number of nitrogens with zero attached hydrogens (tertiary/aromatic N) is 4. The van der Waals surface area contributed by atoms with Gasteiger partial charge in [-0.1, -0.05) is 6.07 Å². The molecule has 8 heteroatoms. The van der Waals surface area contributed by atoms with Crippen LogP contribution < -0.4 is 5.32 Å². The van der Waals surface area contributed by atoms with Crippen molar-refractivity contribution in [2.24, 2.45) is 0 Å². The summed E-state index contributed by atoms with van der Waals surface area (Å²) < 4.78 is 15.6. The molecule has 1 aromatic carbocycles. The van der Waals surface area contributed by atoms with E-state index in [9.17, 15) is 9.18 Å². The number of nitrogens with one attached hydrogen (secondary N) is 1. The summed E-state index contributed by atoms with van der Waals surface area (Å²) >= 11 is 0. The van der Waals surface area contributed by atoms with Gasteiger partial charge in [-0.2, -0.15) is 5.10 Å². The van der Waals surface area contributed by atoms with E-state index >= 15 is 0 Å². The Morgan fingerprint density at radius 2 is 2.08 bits per heavy atom. The third-order valence-electron chi connectivity index (χ3n) is 4.33. The molecule has 6 nitrogen and oxygen atoms in total. The highest BCUT2D eigenvalue weighted by molar-refractivity contribution is 5.85. The Balaban J connectivity index is 0.00000225. The van der Waals surface area contributed by atoms with Crippen molar-refractivity contribution in [1.82, 2.24) is 25.0 Å². The monoisotopic (exact) mass is 367 g/mol. The van der Waals surface area contributed by atoms with Crippen LogP contribution in [0.5, 0.6) is 0 Å². The molecule has 0 bridgehead atoms. The molecular formula is C17H23ClFN5O. The summed E-state index contributed by atoms with van der Waals surface area (Å²) in [5.41, 5.74) is 1.14. The van der Waals surface area contributed by atoms with E-state index in [0.717, 1.165) is 31.5 Å². The highest BCUT2D eigenvalue weighted by Gasteiger charge is 2.21. The van der Waals surface area contributed by atoms with Gasteiger partial charge in [-0.3, -0.25) is 4.79 Å². The van der Waals surface area contributed by atoms with Gasteiger partial charge in [0.2, 0.25) is 5.91 Å². The predicted molar refractivity (Wildman–Crippen MR) is 95.3 cm³/mol. The Kier molecular flexibility index (Phi) is 6.90. The van der Waals surface area contributed by atoms with Crippen LogP contribution >= 0.6 is 12.4 Å². The van der Waals surface area contributed by atoms with Crippen molar-refractivity contribution in [2.45, 2.75) is 38.8 Å². The summed E-state index contributed by atoms with van der Waals surface area (Å²) in [7, 11) is 0. The Morgan fingerprint density at radius 3 is 2.72 bits per heavy atom. The summed E-state index contributed by atoms with van der Waals surface area (Å²) in [6.07, 6.45) is 6.17. The van der Waals surface area contributed by atoms with E-state index in [4.69, 9.17) is 0 Å². The number of carbonyl (C=O) groups is 1. The number of piperidine rings is 1. The van der Waals surface area contributed by atoms with Gasteiger partial charge in [0.15, 0.2) is 0 Å². The van der Waals surface area contributed by atoms with Gasteiger partial charge in [0.05, 0.1) is 6.04 Å². The van der Waals surface area contributed by atoms with Crippen LogP contribution in [0.15, 0.2) is 30.9 Å². The van der Waals surface area contributed by atoms with Gasteiger partial charge in [0, 0.05) is 19.6 Å². The molecule has 0 radical (unpaired) electrons. The molecule has 25 heavy (non-hydrogen) atoms. The number of likely N-dealkylation sites (tertiary alicyclic amines) is 1. The molecular weight excluding hydrogens is 345 g/mol. The maximum absolute atomic E-state index is 14.2. The molecule has 1 saturated heterocycles. The fraction of sp³-hybridized carbons (Fsp3) is 0.471. The maximum Gasteiger partial charge on any atom is 0.239 e. The molecule has 1 aromatic heterocycles. The first-order valence-electron chi connectivity index (χ1n) is 8.31. The Morgan fingerprint density at radius 1 is 1.32 bits per heavy atom. The minimum absolute atomic E-state index is 0. The summed E-state index contributed by atoms with van der Waals surface area (Å²) in [5.74, 6) is -0.246. The fourth-order valence-electron chi connectivity index (χ4n) is 2.93. The van der Waals surface area contributed by atoms with Crippen LogP contribution in [0.4, 0.5) is 4.39 Å². The molecule has 1 N–H and O–H groups in total. The Hall–Kier alpha value is -1.99. The predicted octanol–water partition coefficient (Wildman–Crippen LogP) is 2.32. The Labute approximate surface area is 152 Å². The number of halogens is 2. The van der Waals surface area contributed by atoms with Crippen LogP contribution in [-0.2, 0) is 11.3 Å². The largest absolute Gasteiger partial charge is 0.341 e. The third kappa shape index (κ3) is 4.76. The van der Waals surface area contributed by atoms with E-state index in [1.165, 1.54) is 29.8 Å². The van der Waals surface area contributed by atoms with E-state index in [1.54, 1.807) is 6.07 Å². The molecule has 1 aliphatic rings. The maximum atomic E-state index is 14.2. The first kappa shape index (κ1) is 19.3. The molecule has 1 atom stereocenters. The number of aromatic nitrogens is 3. The number of benzene rings is 1. The van der Waals surface area contributed by atoms with Crippen LogP contribution in [-0.4, -0.2) is 44.7 Å². The second kappa shape index (κ2) is 8.92. The zero-order valence-electron chi connectivity index (χ0n) is 14.2. The lowest BCUT2D eigenvalue weighted by molar-refractivity contribution is -0.133. The number of hydrogen-bond donors (Lipinski definition) is 1. The van der Waals surface area contributed by atoms with Crippen LogP contribution in [0.3, 0.4) is 0 Å². The highest BCUT2D eigenvalue weighted by Crippen LogP contribution is 2.14. The van der Waals surface area contributed by atoms with Crippen molar-refractivity contribution in [1.29, 1.82) is 0 Å². The first-order valence-corrected chi connectivity index (χ1v) is 8.31. The van der Waals surface area contributed by atoms with Gasteiger partial charge in [-0.25, -0.2) is 14.1 Å². The number of rotatable bonds is 5. The van der Waals surface area contributed by atoms with E-state index in [1.807, 2.05) is 17.9 Å². The van der Waals surface area contributed by atoms with Crippen LogP contribution in [0.2, 0.25) is 0 Å². The van der Waals surface area contributed by atoms with Crippen molar-refractivity contribution in [3.63, 3.8) is 0 Å². The summed E-state index contributed by atoms with van der Waals surface area (Å²) in [5, 5.41) is 7.11. The summed E-state index contributed by atoms with van der Waals surface area (Å²) in [6, 6.07) is 4.67. The number of hydrogen-bond acceptors (Lipinski definition) is 4. The minimum Gasteiger partial charge on any atom is -0.341 e. The van der Waals surface area contributed by atoms with E-state index in [0.29, 0.717) is 12.2 Å². The molecule has 0 saturated carbocycles. The molecule has 136 valence electrons. The van der Waals surface area contributed by atoms with Crippen molar-refractivity contribution in [2.75, 3.05) is 13.1 Å². The molecule has 0 spiro atoms. The number of carbonyl (C=O) groups excluding carboxylic acids is 1. The summed E-state index contributed by atoms with van der Waals surface area (Å²) in [4.78, 5) is 18.1. The minimum atomic E-state index is -0.366. The van der Waals surface area contributed by atoms with Gasteiger partial charge >= 0.3 is 0 Å². The fourth-order valence-corrected chi connectivity index (χ4v) is 2.93. The van der Waals surface area contributed by atoms with Crippen LogP contribution in [0, 0.1) is 5.82 Å². The second-order valence-electron chi connectivity index (χ2n) is 6.11. The standard InChI is InChI=1S/C17H22FN5O.ClH/c1-13(17(24)22-7-3-2-4-8-22)20-10-14-5-6-16(15(18)9-14)23-12-19-11-21-23;/h5-6,9,11-13,20H,2-4,7-8,10H2,1H3;1H. The average Bonchev–Trinajstić information content (AvgIpc) is 3.14. The van der Waals surface area contributed by atoms with Crippen LogP contribution in [0.1, 0.15) is 31.7 Å². The quantitative estimate of drug-likeness (QED) is 0.881. The smallest absolute Gasteiger partial charge is 0.239 e. The van der Waals surface area contributed by atoms with Crippen molar-refractivity contribution < 1.29 is 9.18 Å². The molecule has 2 aromatic rings. The van der Waals surface area contributed by atoms with E-state index in [2.05, 4.69) is 15.4 Å². The first-order chi connectivity index (χ1) is 11.6. The molecule has 2 heterocycles. The average molecular weight is 368 g/mol. The molecule has 1 amide bonds. The lowest BCUT2D eigenvalue weighted by atomic mass is 10.1. The van der Waals surface area contributed by atoms with Crippen molar-refractivity contribution in [3.8, 4) is 5.69 Å². The zero-order chi connectivity index (χ0) is 16.9. The zero-order valence-corrected chi connectivity index (χ0v) is 15.0. The highest BCUT2D eigenvalue weighted by atomic mass is 35.5. The summed E-state index contributed by atoms with van der Waals surface area (Å²) in [6.45, 7) is 3.98. The molecule has 0 aliphatic carbocycles. The van der Waals surface area contributed by atoms with Gasteiger partial charge in [0.25, 0.3) is 0 Å². The molecule has 1 aliphatic heterocycles. The SMILES string of the molecule is CC(NCc1ccc(-n2cncn2)c(F)c1)C(=O)N1CCCCC1.Cl. The van der Waals surface area contributed by atoms with Crippen LogP contribution in [0.25, 0.3) is 5.69 Å². The van der Waals surface area contributed by atoms with Gasteiger partial charge in [-0.15, -0.1) is 12.4 Å². The topological polar surface area (TPSA) is 63.1 Å². The Bertz CT molecular complexity index is 688. The van der Waals surface area contributed by atoms with E-state index in [-0.39, 0.29) is 30.2 Å². The van der Waals surface area contributed by atoms with Gasteiger partial charge < -0.3 is 10.2 Å². The lowest BCUT2D eigenvalue weighted by Crippen LogP contribution is -2.46. The lowest BCUT2D eigenvalue weighted by Gasteiger charge is -2.29. The molecule has 3 rings (SSSR count). The van der Waals surface area contributed by atoms with Crippen molar-refractivity contribution in [3.05, 3.63) is 42.2 Å². The molecule has 1 fully saturated rings. The van der Waals surface area contributed by atoms with Crippen molar-refractivity contribution >= 4 is 18.3 Å². The second-order valence-corrected chi connectivity index (χ2v) is 6.11. The normalized spacial score (nSPS) is 15.5. The van der Waals surface area contributed by atoms with Gasteiger partial charge in [-0.05, 0) is 43.9 Å². The van der Waals surface area contributed by atoms with Gasteiger partial charge in [0.1, 0.15) is 24.2 Å².